The van der Waals surface area contributed by atoms with E-state index >= 15 is 0 Å². The quantitative estimate of drug-likeness (QED) is 0.0387. The molecule has 0 aromatic carbocycles. The fourth-order valence-corrected chi connectivity index (χ4v) is 389. The molecule has 4 rings (SSSR count). The third-order valence-electron chi connectivity index (χ3n) is 12.4. The van der Waals surface area contributed by atoms with Crippen LogP contribution < -0.4 is 0 Å². The van der Waals surface area contributed by atoms with Crippen molar-refractivity contribution in [2.24, 2.45) is 0 Å². The molecule has 6 nitrogen and oxygen atoms in total. The maximum Gasteiger partial charge on any atom is 0.263 e. The van der Waals surface area contributed by atoms with E-state index in [-0.39, 0.29) is 121 Å². The molecule has 0 fully saturated rings. The molecule has 18 atom stereocenters. The molecule has 2 aliphatic heterocycles. The molecule has 0 saturated heterocycles. The number of nitrogens with zero attached hydrogens (tertiary/aromatic N) is 2. The van der Waals surface area contributed by atoms with E-state index in [0.29, 0.717) is 38.6 Å². The van der Waals surface area contributed by atoms with Crippen molar-refractivity contribution in [1.82, 2.24) is 9.80 Å². The molecular weight excluding hydrogens is 1520 g/mol. The lowest BCUT2D eigenvalue weighted by Crippen LogP contribution is -2.40. The first-order valence-electron chi connectivity index (χ1n) is 25.3. The molecule has 2 aliphatic rings. The van der Waals surface area contributed by atoms with Crippen LogP contribution in [0.25, 0.3) is 9.75 Å². The molecule has 0 bridgehead atoms. The van der Waals surface area contributed by atoms with Gasteiger partial charge in [0.2, 0.25) is 0 Å². The standard InChI is InChI=1S/C39H58N2O4S2.H31P29/c1-6-9-12-15-18-21-24-29(25-22-19-16-13-10-7-2)41-38(44)31-28(5)47-35(33(31)39(41)45)34-32-30(27(4)46-34)36(42)40(37(32)43)26-23-20-17-14-11-8-3;1-16-24(17(2)3)28(25(18(4)5)19(6)7)29(26(20(8)9)21(10)11)27(22(12)13)23(14)15/h29H,6-26H2,1-5H3;16H,1-15H2. The van der Waals surface area contributed by atoms with Gasteiger partial charge in [-0.15, -0.1) is 157 Å². The highest BCUT2D eigenvalue weighted by atomic mass is 33.5. The first-order chi connectivity index (χ1) is 36.0. The van der Waals surface area contributed by atoms with Crippen LogP contribution in [0.2, 0.25) is 0 Å². The molecule has 2 aromatic heterocycles. The summed E-state index contributed by atoms with van der Waals surface area (Å²) in [5.41, 5.74) is 1.87. The van der Waals surface area contributed by atoms with E-state index in [1.165, 1.54) is 98.2 Å². The largest absolute Gasteiger partial charge is 0.274 e. The Kier molecular flexibility index (Phi) is 45.7. The van der Waals surface area contributed by atoms with E-state index in [2.05, 4.69) is 155 Å². The molecule has 4 heterocycles. The molecule has 0 saturated carbocycles. The summed E-state index contributed by atoms with van der Waals surface area (Å²) in [5.74, 6) is -0.864. The number of amides is 4. The highest BCUT2D eigenvalue weighted by Crippen LogP contribution is 3.37. The van der Waals surface area contributed by atoms with Crippen LogP contribution in [0.15, 0.2) is 0 Å². The van der Waals surface area contributed by atoms with Crippen molar-refractivity contribution in [2.45, 2.75) is 169 Å². The molecule has 37 heteroatoms. The van der Waals surface area contributed by atoms with Crippen LogP contribution in [0, 0.1) is 13.8 Å². The Bertz CT molecular complexity index is 2060. The number of carbonyl (C=O) groups excluding carboxylic acids is 4. The minimum Gasteiger partial charge on any atom is -0.274 e. The molecule has 0 spiro atoms. The summed E-state index contributed by atoms with van der Waals surface area (Å²) >= 11 is 2.84. The molecule has 4 amide bonds. The normalized spacial score (nSPS) is 15.2. The van der Waals surface area contributed by atoms with Crippen LogP contribution in [0.3, 0.4) is 0 Å². The molecular formula is C39H89N2O4P29S2. The Balaban J connectivity index is 0.000000452. The first kappa shape index (κ1) is 80.4. The van der Waals surface area contributed by atoms with Crippen molar-refractivity contribution >= 4 is 279 Å². The maximum atomic E-state index is 14.3. The van der Waals surface area contributed by atoms with Crippen LogP contribution in [0.1, 0.15) is 200 Å². The average Bonchev–Trinajstić information content (AvgIpc) is 4.02. The number of imide groups is 2. The molecule has 0 aliphatic carbocycles. The highest BCUT2D eigenvalue weighted by molar-refractivity contribution is 9.43. The number of thiophene rings is 2. The molecule has 0 N–H and O–H groups in total. The Labute approximate surface area is 520 Å². The van der Waals surface area contributed by atoms with Gasteiger partial charge in [0.15, 0.2) is 0 Å². The van der Waals surface area contributed by atoms with Gasteiger partial charge in [-0.25, -0.2) is 0 Å². The number of fused-ring (bicyclic) bond motifs is 2. The van der Waals surface area contributed by atoms with Gasteiger partial charge in [-0.05, 0) is 124 Å². The Morgan fingerprint density at radius 3 is 1.09 bits per heavy atom. The summed E-state index contributed by atoms with van der Waals surface area (Å²) in [6.07, 6.45) is 22.3. The fraction of sp³-hybridized carbons (Fsp3) is 0.692. The number of hydrogen-bond donors (Lipinski definition) is 0. The van der Waals surface area contributed by atoms with Crippen LogP contribution in [-0.2, 0) is 0 Å². The monoisotopic (exact) mass is 1610 g/mol. The van der Waals surface area contributed by atoms with E-state index in [0.717, 1.165) is 75.5 Å². The molecule has 76 heavy (non-hydrogen) atoms. The van der Waals surface area contributed by atoms with Crippen molar-refractivity contribution in [3.63, 3.8) is 0 Å². The summed E-state index contributed by atoms with van der Waals surface area (Å²) in [6, 6.07) is -0.108. The van der Waals surface area contributed by atoms with Gasteiger partial charge in [0.05, 0.1) is 32.0 Å². The summed E-state index contributed by atoms with van der Waals surface area (Å²) in [6.45, 7) is 11.0. The SMILES string of the molecule is CCCCCCCCC(CCCCCCCC)N1C(=O)c2c(C)sc(-c3sc(C)c4c3C(=O)N(CCCCCCCC)C4=O)c2C1=O.PPP(P(P)P)P(P(P(P)P)P(P)P)P(P(P(P)P)P(P)P)P(P(P)P)P(P)P. The predicted octanol–water partition coefficient (Wildman–Crippen LogP) is 28.2. The van der Waals surface area contributed by atoms with Gasteiger partial charge in [-0.3, -0.25) is 29.0 Å². The van der Waals surface area contributed by atoms with Crippen molar-refractivity contribution in [3.05, 3.63) is 32.0 Å². The number of carbonyl (C=O) groups is 4. The van der Waals surface area contributed by atoms with Gasteiger partial charge in [-0.1, -0.05) is 138 Å². The highest BCUT2D eigenvalue weighted by Gasteiger charge is 2.51. The van der Waals surface area contributed by atoms with Crippen LogP contribution >= 0.6 is 255 Å². The van der Waals surface area contributed by atoms with E-state index in [1.54, 1.807) is 4.90 Å². The molecule has 436 valence electrons. The van der Waals surface area contributed by atoms with Gasteiger partial charge < -0.3 is 0 Å². The summed E-state index contributed by atoms with van der Waals surface area (Å²) in [5, 5.41) is 0. The minimum absolute atomic E-state index is 0.0147. The van der Waals surface area contributed by atoms with E-state index in [1.807, 2.05) is 13.8 Å². The Hall–Kier alpha value is 10.1. The zero-order valence-electron chi connectivity index (χ0n) is 44.7. The van der Waals surface area contributed by atoms with Gasteiger partial charge in [0.1, 0.15) is 0 Å². The van der Waals surface area contributed by atoms with Crippen molar-refractivity contribution in [2.75, 3.05) is 6.54 Å². The second kappa shape index (κ2) is 43.2. The summed E-state index contributed by atoms with van der Waals surface area (Å²) in [4.78, 5) is 61.6. The predicted molar refractivity (Wildman–Crippen MR) is 440 cm³/mol. The average molecular weight is 1610 g/mol. The van der Waals surface area contributed by atoms with Crippen LogP contribution in [-0.4, -0.2) is 46.0 Å². The number of rotatable bonds is 36. The van der Waals surface area contributed by atoms with Gasteiger partial charge in [-0.2, -0.15) is 0 Å². The number of unbranched alkanes of at least 4 members (excludes halogenated alkanes) is 15. The summed E-state index contributed by atoms with van der Waals surface area (Å²) < 4.78 is 0. The maximum absolute atomic E-state index is 14.3. The zero-order chi connectivity index (χ0) is 57.1. The van der Waals surface area contributed by atoms with E-state index < -0.39 is 0 Å². The van der Waals surface area contributed by atoms with Crippen LogP contribution in [0.4, 0.5) is 0 Å². The third kappa shape index (κ3) is 23.9. The van der Waals surface area contributed by atoms with Gasteiger partial charge in [0.25, 0.3) is 23.6 Å². The topological polar surface area (TPSA) is 74.8 Å². The third-order valence-corrected chi connectivity index (χ3v) is 205. The Morgan fingerprint density at radius 1 is 0.408 bits per heavy atom. The lowest BCUT2D eigenvalue weighted by Gasteiger charge is -2.51. The van der Waals surface area contributed by atoms with Crippen molar-refractivity contribution in [3.8, 4) is 9.75 Å². The lowest BCUT2D eigenvalue weighted by molar-refractivity contribution is 0.0560. The van der Waals surface area contributed by atoms with Crippen molar-refractivity contribution in [1.29, 1.82) is 0 Å². The van der Waals surface area contributed by atoms with Gasteiger partial charge in [0, 0.05) is 22.3 Å². The van der Waals surface area contributed by atoms with E-state index in [9.17, 15) is 19.2 Å². The van der Waals surface area contributed by atoms with E-state index in [4.69, 9.17) is 0 Å². The Morgan fingerprint density at radius 2 is 0.724 bits per heavy atom. The lowest BCUT2D eigenvalue weighted by atomic mass is 9.98. The second-order valence-electron chi connectivity index (χ2n) is 18.2. The first-order valence-corrected chi connectivity index (χ1v) is 79.2. The van der Waals surface area contributed by atoms with Gasteiger partial charge >= 0.3 is 0 Å². The fourth-order valence-electron chi connectivity index (χ4n) is 8.90. The molecule has 0 radical (unpaired) electrons. The molecule has 18 unspecified atom stereocenters. The second-order valence-corrected chi connectivity index (χ2v) is 136. The molecule has 2 aromatic rings. The minimum atomic E-state index is -0.254. The van der Waals surface area contributed by atoms with Crippen molar-refractivity contribution < 1.29 is 19.2 Å². The summed E-state index contributed by atoms with van der Waals surface area (Å²) in [7, 11) is 50.2. The van der Waals surface area contributed by atoms with Crippen LogP contribution in [0.5, 0.6) is 0 Å². The number of hydrogen-bond acceptors (Lipinski definition) is 6. The number of aryl methyl sites for hydroxylation is 2. The smallest absolute Gasteiger partial charge is 0.263 e. The zero-order valence-corrected chi connectivity index (χ0v) is 76.3.